The lowest BCUT2D eigenvalue weighted by atomic mass is 10.1. The van der Waals surface area contributed by atoms with Crippen molar-refractivity contribution >= 4 is 27.5 Å². The maximum absolute atomic E-state index is 13.7. The van der Waals surface area contributed by atoms with Gasteiger partial charge < -0.3 is 15.0 Å². The van der Waals surface area contributed by atoms with E-state index in [4.69, 9.17) is 4.74 Å². The molecule has 37 heavy (non-hydrogen) atoms. The summed E-state index contributed by atoms with van der Waals surface area (Å²) in [6.07, 6.45) is 0. The maximum Gasteiger partial charge on any atom is 0.264 e. The number of carbonyl (C=O) groups excluding carboxylic acids is 2. The number of sulfonamides is 1. The summed E-state index contributed by atoms with van der Waals surface area (Å²) in [7, 11) is -1.32. The van der Waals surface area contributed by atoms with Crippen molar-refractivity contribution in [2.24, 2.45) is 0 Å². The fourth-order valence-corrected chi connectivity index (χ4v) is 5.11. The lowest BCUT2D eigenvalue weighted by Gasteiger charge is -2.31. The number of anilines is 1. The highest BCUT2D eigenvalue weighted by molar-refractivity contribution is 7.92. The molecule has 0 bridgehead atoms. The molecule has 3 aromatic carbocycles. The number of rotatable bonds is 10. The highest BCUT2D eigenvalue weighted by Gasteiger charge is 2.32. The zero-order valence-corrected chi connectivity index (χ0v) is 22.0. The number of hydrogen-bond donors (Lipinski definition) is 1. The van der Waals surface area contributed by atoms with E-state index in [2.05, 4.69) is 5.32 Å². The van der Waals surface area contributed by atoms with E-state index in [-0.39, 0.29) is 17.1 Å². The van der Waals surface area contributed by atoms with Crippen LogP contribution in [0, 0.1) is 12.7 Å². The topological polar surface area (TPSA) is 96.0 Å². The predicted octanol–water partition coefficient (Wildman–Crippen LogP) is 3.50. The molecule has 0 aliphatic rings. The van der Waals surface area contributed by atoms with Gasteiger partial charge in [0.1, 0.15) is 24.2 Å². The van der Waals surface area contributed by atoms with Gasteiger partial charge in [-0.15, -0.1) is 0 Å². The number of aryl methyl sites for hydroxylation is 1. The van der Waals surface area contributed by atoms with E-state index in [1.54, 1.807) is 6.92 Å². The number of methoxy groups -OCH3 is 1. The summed E-state index contributed by atoms with van der Waals surface area (Å²) in [6, 6.07) is 17.1. The first kappa shape index (κ1) is 27.7. The van der Waals surface area contributed by atoms with Crippen LogP contribution in [0.1, 0.15) is 18.1 Å². The van der Waals surface area contributed by atoms with Crippen LogP contribution in [0.2, 0.25) is 0 Å². The van der Waals surface area contributed by atoms with Crippen molar-refractivity contribution in [3.05, 3.63) is 89.7 Å². The molecule has 0 aliphatic heterocycles. The van der Waals surface area contributed by atoms with E-state index in [1.165, 1.54) is 55.5 Å². The Kier molecular flexibility index (Phi) is 8.88. The fraction of sp³-hybridized carbons (Fsp3) is 0.259. The Bertz CT molecular complexity index is 1330. The van der Waals surface area contributed by atoms with Crippen molar-refractivity contribution in [3.63, 3.8) is 0 Å². The SMILES string of the molecule is CNC(=O)[C@H](C)N(Cc1ccc(C)cc1)C(=O)CN(c1ccc(F)cc1)S(=O)(=O)c1ccc(OC)cc1. The van der Waals surface area contributed by atoms with Gasteiger partial charge in [-0.3, -0.25) is 13.9 Å². The molecular weight excluding hydrogens is 497 g/mol. The first-order valence-corrected chi connectivity index (χ1v) is 13.0. The molecule has 1 N–H and O–H groups in total. The molecule has 0 fully saturated rings. The number of carbonyl (C=O) groups is 2. The van der Waals surface area contributed by atoms with Crippen molar-refractivity contribution in [1.29, 1.82) is 0 Å². The third kappa shape index (κ3) is 6.65. The lowest BCUT2D eigenvalue weighted by Crippen LogP contribution is -2.50. The van der Waals surface area contributed by atoms with Crippen LogP contribution in [0.4, 0.5) is 10.1 Å². The summed E-state index contributed by atoms with van der Waals surface area (Å²) in [6.45, 7) is 3.00. The van der Waals surface area contributed by atoms with Crippen LogP contribution in [0.15, 0.2) is 77.7 Å². The fourth-order valence-electron chi connectivity index (χ4n) is 3.69. The van der Waals surface area contributed by atoms with Crippen LogP contribution >= 0.6 is 0 Å². The molecule has 3 aromatic rings. The van der Waals surface area contributed by atoms with Gasteiger partial charge in [0.25, 0.3) is 10.0 Å². The molecule has 0 aliphatic carbocycles. The van der Waals surface area contributed by atoms with Gasteiger partial charge >= 0.3 is 0 Å². The lowest BCUT2D eigenvalue weighted by molar-refractivity contribution is -0.139. The summed E-state index contributed by atoms with van der Waals surface area (Å²) in [5, 5.41) is 2.53. The largest absolute Gasteiger partial charge is 0.497 e. The average Bonchev–Trinajstić information content (AvgIpc) is 2.91. The Morgan fingerprint density at radius 1 is 0.973 bits per heavy atom. The first-order valence-electron chi connectivity index (χ1n) is 11.6. The second-order valence-corrected chi connectivity index (χ2v) is 10.3. The molecule has 0 unspecified atom stereocenters. The number of amides is 2. The van der Waals surface area contributed by atoms with Gasteiger partial charge in [0.05, 0.1) is 17.7 Å². The van der Waals surface area contributed by atoms with E-state index in [0.717, 1.165) is 27.6 Å². The molecular formula is C27H30FN3O5S. The molecule has 0 saturated carbocycles. The highest BCUT2D eigenvalue weighted by atomic mass is 32.2. The van der Waals surface area contributed by atoms with E-state index in [0.29, 0.717) is 5.75 Å². The van der Waals surface area contributed by atoms with Crippen LogP contribution in [0.3, 0.4) is 0 Å². The molecule has 3 rings (SSSR count). The van der Waals surface area contributed by atoms with Crippen molar-refractivity contribution in [2.45, 2.75) is 31.3 Å². The highest BCUT2D eigenvalue weighted by Crippen LogP contribution is 2.26. The first-order chi connectivity index (χ1) is 17.6. The number of benzene rings is 3. The number of nitrogens with one attached hydrogen (secondary N) is 1. The van der Waals surface area contributed by atoms with Gasteiger partial charge in [-0.2, -0.15) is 0 Å². The summed E-state index contributed by atoms with van der Waals surface area (Å²) in [5.41, 5.74) is 1.92. The summed E-state index contributed by atoms with van der Waals surface area (Å²) >= 11 is 0. The summed E-state index contributed by atoms with van der Waals surface area (Å²) < 4.78 is 47.0. The number of hydrogen-bond acceptors (Lipinski definition) is 5. The maximum atomic E-state index is 13.7. The molecule has 0 heterocycles. The summed E-state index contributed by atoms with van der Waals surface area (Å²) in [4.78, 5) is 27.4. The Balaban J connectivity index is 2.01. The van der Waals surface area contributed by atoms with Crippen LogP contribution in [0.5, 0.6) is 5.75 Å². The number of ether oxygens (including phenoxy) is 1. The Labute approximate surface area is 216 Å². The Morgan fingerprint density at radius 3 is 2.11 bits per heavy atom. The van der Waals surface area contributed by atoms with Gasteiger partial charge in [0.15, 0.2) is 0 Å². The van der Waals surface area contributed by atoms with Crippen molar-refractivity contribution in [1.82, 2.24) is 10.2 Å². The van der Waals surface area contributed by atoms with Gasteiger partial charge in [-0.05, 0) is 67.9 Å². The minimum atomic E-state index is -4.24. The second-order valence-electron chi connectivity index (χ2n) is 8.46. The number of halogens is 1. The molecule has 196 valence electrons. The van der Waals surface area contributed by atoms with Crippen molar-refractivity contribution in [3.8, 4) is 5.75 Å². The molecule has 0 saturated heterocycles. The third-order valence-electron chi connectivity index (χ3n) is 5.93. The third-order valence-corrected chi connectivity index (χ3v) is 7.72. The molecule has 0 spiro atoms. The summed E-state index contributed by atoms with van der Waals surface area (Å²) in [5.74, 6) is -1.08. The molecule has 10 heteroatoms. The molecule has 0 aromatic heterocycles. The van der Waals surface area contributed by atoms with Crippen LogP contribution in [-0.4, -0.2) is 51.9 Å². The van der Waals surface area contributed by atoms with Crippen LogP contribution in [0.25, 0.3) is 0 Å². The normalized spacial score (nSPS) is 11.9. The van der Waals surface area contributed by atoms with E-state index in [1.807, 2.05) is 31.2 Å². The zero-order valence-electron chi connectivity index (χ0n) is 21.1. The van der Waals surface area contributed by atoms with E-state index < -0.39 is 40.2 Å². The minimum Gasteiger partial charge on any atom is -0.497 e. The quantitative estimate of drug-likeness (QED) is 0.436. The van der Waals surface area contributed by atoms with Crippen molar-refractivity contribution < 1.29 is 27.1 Å². The van der Waals surface area contributed by atoms with Gasteiger partial charge in [0, 0.05) is 13.6 Å². The Hall–Kier alpha value is -3.92. The Morgan fingerprint density at radius 2 is 1.57 bits per heavy atom. The standard InChI is InChI=1S/C27H30FN3O5S/c1-19-5-7-21(8-6-19)17-30(20(2)27(33)29-3)26(32)18-31(23-11-9-22(28)10-12-23)37(34,35)25-15-13-24(36-4)14-16-25/h5-16,20H,17-18H2,1-4H3,(H,29,33)/t20-/m0/s1. The van der Waals surface area contributed by atoms with Gasteiger partial charge in [-0.25, -0.2) is 12.8 Å². The zero-order chi connectivity index (χ0) is 27.2. The van der Waals surface area contributed by atoms with Gasteiger partial charge in [-0.1, -0.05) is 29.8 Å². The smallest absolute Gasteiger partial charge is 0.264 e. The number of nitrogens with zero attached hydrogens (tertiary/aromatic N) is 2. The minimum absolute atomic E-state index is 0.0742. The molecule has 8 nitrogen and oxygen atoms in total. The average molecular weight is 528 g/mol. The predicted molar refractivity (Wildman–Crippen MR) is 139 cm³/mol. The number of likely N-dealkylation sites (N-methyl/N-ethyl adjacent to an activating group) is 1. The van der Waals surface area contributed by atoms with Crippen LogP contribution < -0.4 is 14.4 Å². The molecule has 1 atom stereocenters. The van der Waals surface area contributed by atoms with Crippen LogP contribution in [-0.2, 0) is 26.2 Å². The van der Waals surface area contributed by atoms with Crippen molar-refractivity contribution in [2.75, 3.05) is 25.0 Å². The van der Waals surface area contributed by atoms with E-state index in [9.17, 15) is 22.4 Å². The van der Waals surface area contributed by atoms with E-state index >= 15 is 0 Å². The molecule has 2 amide bonds. The second kappa shape index (κ2) is 11.9. The molecule has 0 radical (unpaired) electrons. The monoisotopic (exact) mass is 527 g/mol. The van der Waals surface area contributed by atoms with Gasteiger partial charge in [0.2, 0.25) is 11.8 Å².